The summed E-state index contributed by atoms with van der Waals surface area (Å²) in [6.07, 6.45) is -4.37. The van der Waals surface area contributed by atoms with Crippen LogP contribution >= 0.6 is 0 Å². The predicted octanol–water partition coefficient (Wildman–Crippen LogP) is 4.15. The van der Waals surface area contributed by atoms with Crippen LogP contribution < -0.4 is 10.7 Å². The van der Waals surface area contributed by atoms with E-state index in [9.17, 15) is 22.4 Å². The second-order valence-corrected chi connectivity index (χ2v) is 6.14. The molecule has 1 atom stereocenters. The first kappa shape index (κ1) is 21.9. The Hall–Kier alpha value is -3.43. The molecule has 0 aromatic heterocycles. The first-order valence-electron chi connectivity index (χ1n) is 8.34. The summed E-state index contributed by atoms with van der Waals surface area (Å²) in [7, 11) is 0. The number of carbonyl (C=O) groups is 2. The molecule has 0 saturated carbocycles. The maximum atomic E-state index is 13.6. The summed E-state index contributed by atoms with van der Waals surface area (Å²) < 4.78 is 51.4. The van der Waals surface area contributed by atoms with Gasteiger partial charge < -0.3 is 10.4 Å². The van der Waals surface area contributed by atoms with Gasteiger partial charge in [0.1, 0.15) is 5.82 Å². The van der Waals surface area contributed by atoms with Gasteiger partial charge in [-0.3, -0.25) is 9.59 Å². The zero-order valence-corrected chi connectivity index (χ0v) is 15.1. The molecule has 1 heterocycles. The topological polar surface area (TPSA) is 90.8 Å². The van der Waals surface area contributed by atoms with E-state index in [2.05, 4.69) is 15.8 Å². The lowest BCUT2D eigenvalue weighted by Crippen LogP contribution is -2.31. The van der Waals surface area contributed by atoms with Gasteiger partial charge in [0.15, 0.2) is 0 Å². The van der Waals surface area contributed by atoms with Gasteiger partial charge in [-0.1, -0.05) is 19.1 Å². The lowest BCUT2D eigenvalue weighted by molar-refractivity contribution is -0.140. The number of nitrogens with one attached hydrogen (secondary N) is 2. The molecule has 3 rings (SSSR count). The van der Waals surface area contributed by atoms with Gasteiger partial charge in [-0.15, -0.1) is 0 Å². The SMILES string of the molecule is C[C@@H]1CC(=O)NN=C1c1ccc(Nc2ccc(C(F)(F)F)c(F)c2)cc1.O=CO. The number of hydrazone groups is 1. The lowest BCUT2D eigenvalue weighted by Gasteiger charge is -2.19. The molecule has 0 fully saturated rings. The van der Waals surface area contributed by atoms with Crippen molar-refractivity contribution in [3.05, 3.63) is 59.4 Å². The van der Waals surface area contributed by atoms with Crippen LogP contribution in [0.2, 0.25) is 0 Å². The highest BCUT2D eigenvalue weighted by molar-refractivity contribution is 6.05. The van der Waals surface area contributed by atoms with Gasteiger partial charge >= 0.3 is 6.18 Å². The summed E-state index contributed by atoms with van der Waals surface area (Å²) in [5, 5.41) is 13.8. The molecular weight excluding hydrogens is 394 g/mol. The Bertz CT molecular complexity index is 912. The highest BCUT2D eigenvalue weighted by Gasteiger charge is 2.33. The predicted molar refractivity (Wildman–Crippen MR) is 98.3 cm³/mol. The number of nitrogens with zero attached hydrogens (tertiary/aromatic N) is 1. The van der Waals surface area contributed by atoms with Crippen LogP contribution in [0.3, 0.4) is 0 Å². The van der Waals surface area contributed by atoms with Gasteiger partial charge in [-0.05, 0) is 35.9 Å². The van der Waals surface area contributed by atoms with Crippen molar-refractivity contribution < 1.29 is 32.3 Å². The van der Waals surface area contributed by atoms with E-state index in [4.69, 9.17) is 9.90 Å². The molecule has 2 aromatic carbocycles. The van der Waals surface area contributed by atoms with Crippen molar-refractivity contribution >= 4 is 29.5 Å². The van der Waals surface area contributed by atoms with E-state index in [0.29, 0.717) is 18.2 Å². The maximum absolute atomic E-state index is 13.6. The van der Waals surface area contributed by atoms with Gasteiger partial charge in [0.2, 0.25) is 5.91 Å². The number of alkyl halides is 3. The number of rotatable bonds is 3. The summed E-state index contributed by atoms with van der Waals surface area (Å²) in [5.41, 5.74) is 3.50. The number of carbonyl (C=O) groups excluding carboxylic acids is 1. The van der Waals surface area contributed by atoms with Crippen molar-refractivity contribution in [1.29, 1.82) is 0 Å². The number of amides is 1. The Morgan fingerprint density at radius 3 is 2.28 bits per heavy atom. The third kappa shape index (κ3) is 5.77. The molecule has 1 amide bonds. The van der Waals surface area contributed by atoms with Gasteiger partial charge in [-0.25, -0.2) is 9.82 Å². The Kier molecular flexibility index (Phi) is 6.92. The zero-order valence-electron chi connectivity index (χ0n) is 15.1. The summed E-state index contributed by atoms with van der Waals surface area (Å²) >= 11 is 0. The average Bonchev–Trinajstić information content (AvgIpc) is 2.62. The van der Waals surface area contributed by atoms with Gasteiger partial charge in [0.05, 0.1) is 11.3 Å². The van der Waals surface area contributed by atoms with Crippen LogP contribution in [0.4, 0.5) is 28.9 Å². The number of anilines is 2. The molecular formula is C19H17F4N3O3. The number of benzene rings is 2. The minimum absolute atomic E-state index is 0.0217. The van der Waals surface area contributed by atoms with Crippen molar-refractivity contribution in [2.45, 2.75) is 19.5 Å². The summed E-state index contributed by atoms with van der Waals surface area (Å²) in [6, 6.07) is 9.63. The van der Waals surface area contributed by atoms with Crippen LogP contribution in [-0.4, -0.2) is 23.2 Å². The van der Waals surface area contributed by atoms with Crippen molar-refractivity contribution in [2.75, 3.05) is 5.32 Å². The van der Waals surface area contributed by atoms with Gasteiger partial charge in [0.25, 0.3) is 6.47 Å². The van der Waals surface area contributed by atoms with Crippen LogP contribution in [-0.2, 0) is 15.8 Å². The fourth-order valence-electron chi connectivity index (χ4n) is 2.72. The maximum Gasteiger partial charge on any atom is 0.419 e. The molecule has 1 aliphatic rings. The van der Waals surface area contributed by atoms with E-state index in [0.717, 1.165) is 17.3 Å². The van der Waals surface area contributed by atoms with E-state index in [1.807, 2.05) is 6.92 Å². The minimum atomic E-state index is -4.73. The molecule has 0 spiro atoms. The number of carboxylic acid groups (broad SMARTS) is 1. The highest BCUT2D eigenvalue weighted by Crippen LogP contribution is 2.33. The molecule has 0 unspecified atom stereocenters. The largest absolute Gasteiger partial charge is 0.483 e. The monoisotopic (exact) mass is 411 g/mol. The van der Waals surface area contributed by atoms with Crippen LogP contribution in [0, 0.1) is 11.7 Å². The fraction of sp³-hybridized carbons (Fsp3) is 0.211. The second-order valence-electron chi connectivity index (χ2n) is 6.14. The van der Waals surface area contributed by atoms with Crippen molar-refractivity contribution in [2.24, 2.45) is 11.0 Å². The lowest BCUT2D eigenvalue weighted by atomic mass is 9.94. The third-order valence-electron chi connectivity index (χ3n) is 4.00. The highest BCUT2D eigenvalue weighted by atomic mass is 19.4. The first-order chi connectivity index (χ1) is 13.7. The molecule has 0 bridgehead atoms. The van der Waals surface area contributed by atoms with Crippen LogP contribution in [0.15, 0.2) is 47.6 Å². The molecule has 0 saturated heterocycles. The van der Waals surface area contributed by atoms with E-state index >= 15 is 0 Å². The molecule has 10 heteroatoms. The quantitative estimate of drug-likeness (QED) is 0.523. The molecule has 3 N–H and O–H groups in total. The van der Waals surface area contributed by atoms with Crippen molar-refractivity contribution in [3.63, 3.8) is 0 Å². The Labute approximate surface area is 163 Å². The first-order valence-corrected chi connectivity index (χ1v) is 8.34. The standard InChI is InChI=1S/C18H15F4N3O.CH2O2/c1-10-8-16(26)24-25-17(10)11-2-4-12(5-3-11)23-13-6-7-14(15(19)9-13)18(20,21)22;2-1-3/h2-7,9-10,23H,8H2,1H3,(H,24,26);1H,(H,2,3)/t10-;/m1./s1. The zero-order chi connectivity index (χ0) is 21.6. The number of hydrogen-bond donors (Lipinski definition) is 3. The summed E-state index contributed by atoms with van der Waals surface area (Å²) in [5.74, 6) is -1.49. The average molecular weight is 411 g/mol. The fourth-order valence-corrected chi connectivity index (χ4v) is 2.72. The third-order valence-corrected chi connectivity index (χ3v) is 4.00. The Morgan fingerprint density at radius 1 is 1.17 bits per heavy atom. The van der Waals surface area contributed by atoms with E-state index in [1.54, 1.807) is 24.3 Å². The van der Waals surface area contributed by atoms with Gasteiger partial charge in [0, 0.05) is 23.7 Å². The minimum Gasteiger partial charge on any atom is -0.483 e. The molecule has 0 radical (unpaired) electrons. The van der Waals surface area contributed by atoms with E-state index < -0.39 is 17.6 Å². The smallest absolute Gasteiger partial charge is 0.419 e. The Balaban J connectivity index is 0.000000941. The summed E-state index contributed by atoms with van der Waals surface area (Å²) in [6.45, 7) is 1.65. The molecule has 6 nitrogen and oxygen atoms in total. The number of halogens is 4. The molecule has 154 valence electrons. The molecule has 0 aliphatic carbocycles. The molecule has 2 aromatic rings. The normalized spacial score (nSPS) is 16.1. The van der Waals surface area contributed by atoms with Crippen LogP contribution in [0.5, 0.6) is 0 Å². The van der Waals surface area contributed by atoms with E-state index in [1.165, 1.54) is 6.07 Å². The second kappa shape index (κ2) is 9.18. The molecule has 29 heavy (non-hydrogen) atoms. The Morgan fingerprint density at radius 2 is 1.76 bits per heavy atom. The van der Waals surface area contributed by atoms with Crippen molar-refractivity contribution in [1.82, 2.24) is 5.43 Å². The molecule has 1 aliphatic heterocycles. The number of hydrogen-bond acceptors (Lipinski definition) is 4. The summed E-state index contributed by atoms with van der Waals surface area (Å²) in [4.78, 5) is 19.7. The van der Waals surface area contributed by atoms with E-state index in [-0.39, 0.29) is 24.0 Å². The van der Waals surface area contributed by atoms with Gasteiger partial charge in [-0.2, -0.15) is 18.3 Å². The van der Waals surface area contributed by atoms with Crippen LogP contribution in [0.25, 0.3) is 0 Å². The van der Waals surface area contributed by atoms with Crippen molar-refractivity contribution in [3.8, 4) is 0 Å². The van der Waals surface area contributed by atoms with Crippen LogP contribution in [0.1, 0.15) is 24.5 Å².